The molecule has 0 bridgehead atoms. The Hall–Kier alpha value is -0.740. The van der Waals surface area contributed by atoms with Crippen LogP contribution in [-0.4, -0.2) is 0 Å². The van der Waals surface area contributed by atoms with Crippen molar-refractivity contribution in [2.45, 2.75) is 13.0 Å². The maximum atomic E-state index is 13.1. The summed E-state index contributed by atoms with van der Waals surface area (Å²) in [4.78, 5) is 0. The zero-order valence-corrected chi connectivity index (χ0v) is 7.50. The van der Waals surface area contributed by atoms with Crippen molar-refractivity contribution < 1.29 is 13.2 Å². The summed E-state index contributed by atoms with van der Waals surface area (Å²) in [6.45, 7) is 1.45. The molecule has 1 aromatic carbocycles. The fourth-order valence-corrected chi connectivity index (χ4v) is 1.12. The molecule has 0 fully saturated rings. The summed E-state index contributed by atoms with van der Waals surface area (Å²) in [5.74, 6) is -3.59. The third-order valence-corrected chi connectivity index (χ3v) is 1.95. The van der Waals surface area contributed by atoms with Gasteiger partial charge in [-0.3, -0.25) is 0 Å². The van der Waals surface area contributed by atoms with Gasteiger partial charge in [0.2, 0.25) is 0 Å². The van der Waals surface area contributed by atoms with Gasteiger partial charge in [0, 0.05) is 11.6 Å². The molecule has 0 aromatic heterocycles. The van der Waals surface area contributed by atoms with E-state index in [0.717, 1.165) is 0 Å². The lowest BCUT2D eigenvalue weighted by Gasteiger charge is -2.09. The van der Waals surface area contributed by atoms with Crippen LogP contribution in [0.3, 0.4) is 0 Å². The molecule has 0 amide bonds. The molecular weight excluding hydrogens is 203 g/mol. The van der Waals surface area contributed by atoms with Gasteiger partial charge in [-0.2, -0.15) is 0 Å². The van der Waals surface area contributed by atoms with Gasteiger partial charge in [-0.1, -0.05) is 11.6 Å². The van der Waals surface area contributed by atoms with Gasteiger partial charge in [-0.25, -0.2) is 13.2 Å². The van der Waals surface area contributed by atoms with E-state index in [1.54, 1.807) is 0 Å². The molecule has 1 nitrogen and oxygen atoms in total. The highest BCUT2D eigenvalue weighted by Gasteiger charge is 2.18. The van der Waals surface area contributed by atoms with E-state index in [4.69, 9.17) is 17.3 Å². The quantitative estimate of drug-likeness (QED) is 0.559. The predicted octanol–water partition coefficient (Wildman–Crippen LogP) is 2.78. The van der Waals surface area contributed by atoms with E-state index < -0.39 is 28.5 Å². The van der Waals surface area contributed by atoms with E-state index in [-0.39, 0.29) is 5.56 Å². The Bertz CT molecular complexity index is 339. The SMILES string of the molecule is C[C@@H](N)c1cc(F)c(F)c(Cl)c1F. The van der Waals surface area contributed by atoms with Crippen LogP contribution in [-0.2, 0) is 0 Å². The fraction of sp³-hybridized carbons (Fsp3) is 0.250. The molecule has 0 saturated heterocycles. The van der Waals surface area contributed by atoms with Crippen molar-refractivity contribution in [2.75, 3.05) is 0 Å². The van der Waals surface area contributed by atoms with Crippen LogP contribution in [0, 0.1) is 17.5 Å². The van der Waals surface area contributed by atoms with Gasteiger partial charge in [0.15, 0.2) is 11.6 Å². The summed E-state index contributed by atoms with van der Waals surface area (Å²) in [6.07, 6.45) is 0. The lowest BCUT2D eigenvalue weighted by atomic mass is 10.1. The Morgan fingerprint density at radius 3 is 2.31 bits per heavy atom. The first-order valence-corrected chi connectivity index (χ1v) is 3.91. The molecule has 0 saturated carbocycles. The summed E-state index contributed by atoms with van der Waals surface area (Å²) < 4.78 is 38.4. The van der Waals surface area contributed by atoms with E-state index in [9.17, 15) is 13.2 Å². The lowest BCUT2D eigenvalue weighted by Crippen LogP contribution is -2.09. The van der Waals surface area contributed by atoms with Crippen LogP contribution in [0.1, 0.15) is 18.5 Å². The van der Waals surface area contributed by atoms with Gasteiger partial charge < -0.3 is 5.73 Å². The van der Waals surface area contributed by atoms with Crippen LogP contribution in [0.2, 0.25) is 5.02 Å². The van der Waals surface area contributed by atoms with Gasteiger partial charge in [0.05, 0.1) is 0 Å². The maximum Gasteiger partial charge on any atom is 0.180 e. The summed E-state index contributed by atoms with van der Waals surface area (Å²) >= 11 is 5.19. The number of rotatable bonds is 1. The van der Waals surface area contributed by atoms with Gasteiger partial charge in [-0.15, -0.1) is 0 Å². The number of benzene rings is 1. The average molecular weight is 210 g/mol. The van der Waals surface area contributed by atoms with Gasteiger partial charge in [0.25, 0.3) is 0 Å². The molecule has 0 spiro atoms. The largest absolute Gasteiger partial charge is 0.324 e. The Morgan fingerprint density at radius 2 is 1.85 bits per heavy atom. The molecule has 2 N–H and O–H groups in total. The molecule has 0 unspecified atom stereocenters. The molecule has 0 aliphatic rings. The van der Waals surface area contributed by atoms with E-state index >= 15 is 0 Å². The molecule has 0 heterocycles. The highest BCUT2D eigenvalue weighted by atomic mass is 35.5. The Kier molecular flexibility index (Phi) is 2.83. The monoisotopic (exact) mass is 209 g/mol. The summed E-state index contributed by atoms with van der Waals surface area (Å²) in [5, 5.41) is -0.854. The zero-order chi connectivity index (χ0) is 10.2. The predicted molar refractivity (Wildman–Crippen MR) is 43.9 cm³/mol. The molecule has 1 atom stereocenters. The van der Waals surface area contributed by atoms with Crippen LogP contribution >= 0.6 is 11.6 Å². The van der Waals surface area contributed by atoms with Crippen LogP contribution in [0.4, 0.5) is 13.2 Å². The lowest BCUT2D eigenvalue weighted by molar-refractivity contribution is 0.487. The van der Waals surface area contributed by atoms with E-state index in [1.165, 1.54) is 6.92 Å². The minimum atomic E-state index is -1.39. The highest BCUT2D eigenvalue weighted by molar-refractivity contribution is 6.31. The smallest absolute Gasteiger partial charge is 0.180 e. The van der Waals surface area contributed by atoms with Crippen molar-refractivity contribution in [3.8, 4) is 0 Å². The van der Waals surface area contributed by atoms with Crippen molar-refractivity contribution >= 4 is 11.6 Å². The summed E-state index contributed by atoms with van der Waals surface area (Å²) in [7, 11) is 0. The van der Waals surface area contributed by atoms with Crippen LogP contribution < -0.4 is 5.73 Å². The second-order valence-electron chi connectivity index (χ2n) is 2.68. The van der Waals surface area contributed by atoms with E-state index in [0.29, 0.717) is 6.07 Å². The first kappa shape index (κ1) is 10.3. The molecule has 0 aliphatic heterocycles. The second-order valence-corrected chi connectivity index (χ2v) is 3.06. The van der Waals surface area contributed by atoms with Crippen molar-refractivity contribution in [3.05, 3.63) is 34.1 Å². The van der Waals surface area contributed by atoms with Gasteiger partial charge >= 0.3 is 0 Å². The van der Waals surface area contributed by atoms with Crippen molar-refractivity contribution in [1.82, 2.24) is 0 Å². The topological polar surface area (TPSA) is 26.0 Å². The molecule has 72 valence electrons. The average Bonchev–Trinajstić information content (AvgIpc) is 2.07. The Labute approximate surface area is 78.3 Å². The van der Waals surface area contributed by atoms with E-state index in [1.807, 2.05) is 0 Å². The fourth-order valence-electron chi connectivity index (χ4n) is 0.922. The van der Waals surface area contributed by atoms with Crippen molar-refractivity contribution in [1.29, 1.82) is 0 Å². The molecule has 0 radical (unpaired) electrons. The van der Waals surface area contributed by atoms with Crippen LogP contribution in [0.5, 0.6) is 0 Å². The zero-order valence-electron chi connectivity index (χ0n) is 6.74. The molecule has 5 heteroatoms. The van der Waals surface area contributed by atoms with Crippen molar-refractivity contribution in [2.24, 2.45) is 5.73 Å². The van der Waals surface area contributed by atoms with Gasteiger partial charge in [0.1, 0.15) is 10.8 Å². The van der Waals surface area contributed by atoms with Crippen LogP contribution in [0.25, 0.3) is 0 Å². The van der Waals surface area contributed by atoms with Crippen molar-refractivity contribution in [3.63, 3.8) is 0 Å². The number of hydrogen-bond donors (Lipinski definition) is 1. The standard InChI is InChI=1S/C8H7ClF3N/c1-3(13)4-2-5(10)8(12)6(9)7(4)11/h2-3H,13H2,1H3/t3-/m1/s1. The maximum absolute atomic E-state index is 13.1. The third kappa shape index (κ3) is 1.78. The molecule has 1 aromatic rings. The number of nitrogens with two attached hydrogens (primary N) is 1. The summed E-state index contributed by atoms with van der Waals surface area (Å²) in [5.41, 5.74) is 5.18. The number of halogens is 4. The first-order valence-electron chi connectivity index (χ1n) is 3.53. The Balaban J connectivity index is 3.41. The van der Waals surface area contributed by atoms with Crippen LogP contribution in [0.15, 0.2) is 6.07 Å². The normalized spacial score (nSPS) is 13.1. The highest BCUT2D eigenvalue weighted by Crippen LogP contribution is 2.27. The third-order valence-electron chi connectivity index (χ3n) is 1.62. The molecule has 0 aliphatic carbocycles. The van der Waals surface area contributed by atoms with E-state index in [2.05, 4.69) is 0 Å². The van der Waals surface area contributed by atoms with Gasteiger partial charge in [-0.05, 0) is 13.0 Å². The summed E-state index contributed by atoms with van der Waals surface area (Å²) in [6, 6.07) is -0.0195. The molecule has 13 heavy (non-hydrogen) atoms. The first-order chi connectivity index (χ1) is 5.95. The minimum Gasteiger partial charge on any atom is -0.324 e. The molecule has 1 rings (SSSR count). The minimum absolute atomic E-state index is 0.135. The molecular formula is C8H7ClF3N. The second kappa shape index (κ2) is 3.55. The Morgan fingerprint density at radius 1 is 1.31 bits per heavy atom. The number of hydrogen-bond acceptors (Lipinski definition) is 1.